The van der Waals surface area contributed by atoms with Crippen molar-refractivity contribution in [2.24, 2.45) is 5.73 Å². The van der Waals surface area contributed by atoms with E-state index in [0.29, 0.717) is 0 Å². The fourth-order valence-electron chi connectivity index (χ4n) is 2.82. The molecule has 0 bridgehead atoms. The van der Waals surface area contributed by atoms with Crippen molar-refractivity contribution in [1.82, 2.24) is 0 Å². The smallest absolute Gasteiger partial charge is 0.0154 e. The molecule has 0 aliphatic rings. The third-order valence-corrected chi connectivity index (χ3v) is 4.28. The van der Waals surface area contributed by atoms with Crippen molar-refractivity contribution in [3.05, 3.63) is 75.9 Å². The normalized spacial score (nSPS) is 11.0. The van der Waals surface area contributed by atoms with Crippen molar-refractivity contribution in [2.45, 2.75) is 47.5 Å². The first kappa shape index (κ1) is 19.2. The van der Waals surface area contributed by atoms with Crippen molar-refractivity contribution < 1.29 is 0 Å². The van der Waals surface area contributed by atoms with Crippen LogP contribution in [-0.4, -0.2) is 7.05 Å². The van der Waals surface area contributed by atoms with Gasteiger partial charge in [0.1, 0.15) is 0 Å². The first-order valence-electron chi connectivity index (χ1n) is 8.48. The Bertz CT molecular complexity index is 666. The Morgan fingerprint density at radius 2 is 1.43 bits per heavy atom. The summed E-state index contributed by atoms with van der Waals surface area (Å²) in [5, 5.41) is 0. The van der Waals surface area contributed by atoms with Crippen LogP contribution >= 0.6 is 0 Å². The molecule has 0 spiro atoms. The van der Waals surface area contributed by atoms with Gasteiger partial charge in [-0.05, 0) is 80.1 Å². The van der Waals surface area contributed by atoms with E-state index in [2.05, 4.69) is 82.8 Å². The maximum atomic E-state index is 4.50. The van der Waals surface area contributed by atoms with Crippen LogP contribution in [0.3, 0.4) is 0 Å². The molecule has 0 unspecified atom stereocenters. The summed E-state index contributed by atoms with van der Waals surface area (Å²) in [7, 11) is 1.50. The van der Waals surface area contributed by atoms with Gasteiger partial charge in [0.2, 0.25) is 0 Å². The van der Waals surface area contributed by atoms with Gasteiger partial charge in [-0.3, -0.25) is 0 Å². The van der Waals surface area contributed by atoms with Gasteiger partial charge in [0.25, 0.3) is 0 Å². The molecule has 0 aromatic heterocycles. The van der Waals surface area contributed by atoms with E-state index in [1.54, 1.807) is 0 Å². The number of benzene rings is 2. The van der Waals surface area contributed by atoms with E-state index < -0.39 is 0 Å². The van der Waals surface area contributed by atoms with Crippen molar-refractivity contribution in [3.8, 4) is 0 Å². The topological polar surface area (TPSA) is 26.0 Å². The number of aryl methyl sites for hydroxylation is 4. The molecule has 2 N–H and O–H groups in total. The van der Waals surface area contributed by atoms with Crippen molar-refractivity contribution in [3.63, 3.8) is 0 Å². The molecule has 0 saturated carbocycles. The number of allylic oxidation sites excluding steroid dienone is 1. The van der Waals surface area contributed by atoms with Gasteiger partial charge in [0.15, 0.2) is 0 Å². The highest BCUT2D eigenvalue weighted by molar-refractivity contribution is 5.80. The van der Waals surface area contributed by atoms with Gasteiger partial charge < -0.3 is 5.73 Å². The molecular weight excluding hydrogens is 278 g/mol. The Morgan fingerprint density at radius 3 is 1.91 bits per heavy atom. The lowest BCUT2D eigenvalue weighted by Gasteiger charge is -2.13. The van der Waals surface area contributed by atoms with Gasteiger partial charge in [0.05, 0.1) is 0 Å². The predicted molar refractivity (Wildman–Crippen MR) is 104 cm³/mol. The Labute approximate surface area is 142 Å². The first-order valence-corrected chi connectivity index (χ1v) is 8.48. The fourth-order valence-corrected chi connectivity index (χ4v) is 2.82. The summed E-state index contributed by atoms with van der Waals surface area (Å²) in [6.07, 6.45) is 4.59. The third kappa shape index (κ3) is 4.80. The lowest BCUT2D eigenvalue weighted by Crippen LogP contribution is -1.94. The third-order valence-electron chi connectivity index (χ3n) is 4.28. The average Bonchev–Trinajstić information content (AvgIpc) is 2.56. The number of rotatable bonds is 4. The summed E-state index contributed by atoms with van der Waals surface area (Å²) >= 11 is 0. The van der Waals surface area contributed by atoms with Gasteiger partial charge in [0, 0.05) is 0 Å². The highest BCUT2D eigenvalue weighted by atomic mass is 14.4. The van der Waals surface area contributed by atoms with Gasteiger partial charge >= 0.3 is 0 Å². The zero-order chi connectivity index (χ0) is 17.4. The highest BCUT2D eigenvalue weighted by Gasteiger charge is 2.07. The number of hydrogen-bond acceptors (Lipinski definition) is 1. The minimum atomic E-state index is 1.17. The predicted octanol–water partition coefficient (Wildman–Crippen LogP) is 5.59. The second kappa shape index (κ2) is 9.32. The Morgan fingerprint density at radius 1 is 0.870 bits per heavy atom. The molecule has 2 aromatic carbocycles. The van der Waals surface area contributed by atoms with E-state index in [4.69, 9.17) is 0 Å². The Kier molecular flexibility index (Phi) is 7.77. The van der Waals surface area contributed by atoms with E-state index in [1.807, 2.05) is 0 Å². The summed E-state index contributed by atoms with van der Waals surface area (Å²) < 4.78 is 0. The molecule has 0 fully saturated rings. The number of nitrogens with two attached hydrogens (primary N) is 1. The zero-order valence-electron chi connectivity index (χ0n) is 15.5. The zero-order valence-corrected chi connectivity index (χ0v) is 15.5. The van der Waals surface area contributed by atoms with E-state index in [-0.39, 0.29) is 0 Å². The van der Waals surface area contributed by atoms with Crippen LogP contribution in [0.4, 0.5) is 0 Å². The maximum absolute atomic E-state index is 4.50. The molecule has 0 atom stereocenters. The lowest BCUT2D eigenvalue weighted by molar-refractivity contribution is 0.912. The molecule has 0 aliphatic heterocycles. The SMILES string of the molecule is C/C=C(/c1ccc(C)c(C)c1)c1ccc(CCC)c(C)c1.CN. The molecule has 0 amide bonds. The van der Waals surface area contributed by atoms with Crippen molar-refractivity contribution >= 4 is 5.57 Å². The van der Waals surface area contributed by atoms with Crippen LogP contribution < -0.4 is 5.73 Å². The monoisotopic (exact) mass is 309 g/mol. The molecule has 0 heterocycles. The first-order chi connectivity index (χ1) is 11.1. The van der Waals surface area contributed by atoms with Crippen LogP contribution in [0.25, 0.3) is 5.57 Å². The lowest BCUT2D eigenvalue weighted by atomic mass is 9.92. The van der Waals surface area contributed by atoms with Crippen LogP contribution in [0, 0.1) is 20.8 Å². The van der Waals surface area contributed by atoms with E-state index in [1.165, 1.54) is 58.8 Å². The van der Waals surface area contributed by atoms with Crippen LogP contribution in [-0.2, 0) is 6.42 Å². The van der Waals surface area contributed by atoms with Crippen molar-refractivity contribution in [2.75, 3.05) is 7.05 Å². The summed E-state index contributed by atoms with van der Waals surface area (Å²) in [5.41, 5.74) is 14.0. The molecule has 2 aromatic rings. The van der Waals surface area contributed by atoms with Crippen LogP contribution in [0.1, 0.15) is 53.6 Å². The largest absolute Gasteiger partial charge is 0.333 e. The molecule has 1 heteroatoms. The van der Waals surface area contributed by atoms with Crippen LogP contribution in [0.5, 0.6) is 0 Å². The second-order valence-corrected chi connectivity index (χ2v) is 5.89. The van der Waals surface area contributed by atoms with E-state index in [9.17, 15) is 0 Å². The molecule has 0 saturated heterocycles. The number of hydrogen-bond donors (Lipinski definition) is 1. The molecule has 1 nitrogen and oxygen atoms in total. The average molecular weight is 309 g/mol. The van der Waals surface area contributed by atoms with E-state index in [0.717, 1.165) is 0 Å². The Balaban J connectivity index is 0.00000127. The van der Waals surface area contributed by atoms with Crippen LogP contribution in [0.15, 0.2) is 42.5 Å². The van der Waals surface area contributed by atoms with Crippen LogP contribution in [0.2, 0.25) is 0 Å². The summed E-state index contributed by atoms with van der Waals surface area (Å²) in [5.74, 6) is 0. The molecular formula is C22H31N. The van der Waals surface area contributed by atoms with Gasteiger partial charge in [-0.1, -0.05) is 55.8 Å². The molecule has 0 radical (unpaired) electrons. The second-order valence-electron chi connectivity index (χ2n) is 5.89. The quantitative estimate of drug-likeness (QED) is 0.782. The standard InChI is InChI=1S/C21H26.CH5N/c1-6-8-18-11-12-20(14-17(18)5)21(7-2)19-10-9-15(3)16(4)13-19;1-2/h7,9-14H,6,8H2,1-5H3;2H2,1H3/b21-7-;. The molecule has 124 valence electrons. The highest BCUT2D eigenvalue weighted by Crippen LogP contribution is 2.27. The molecule has 2 rings (SSSR count). The minimum Gasteiger partial charge on any atom is -0.333 e. The molecule has 23 heavy (non-hydrogen) atoms. The van der Waals surface area contributed by atoms with Gasteiger partial charge in [-0.2, -0.15) is 0 Å². The maximum Gasteiger partial charge on any atom is -0.0154 e. The fraction of sp³-hybridized carbons (Fsp3) is 0.364. The molecule has 0 aliphatic carbocycles. The van der Waals surface area contributed by atoms with Crippen molar-refractivity contribution in [1.29, 1.82) is 0 Å². The summed E-state index contributed by atoms with van der Waals surface area (Å²) in [6, 6.07) is 13.6. The van der Waals surface area contributed by atoms with E-state index >= 15 is 0 Å². The summed E-state index contributed by atoms with van der Waals surface area (Å²) in [4.78, 5) is 0. The van der Waals surface area contributed by atoms with Gasteiger partial charge in [-0.25, -0.2) is 0 Å². The Hall–Kier alpha value is -1.86. The van der Waals surface area contributed by atoms with Gasteiger partial charge in [-0.15, -0.1) is 0 Å². The summed E-state index contributed by atoms with van der Waals surface area (Å²) in [6.45, 7) is 10.9. The minimum absolute atomic E-state index is 1.17.